The van der Waals surface area contributed by atoms with Crippen LogP contribution < -0.4 is 0 Å². The molecule has 0 fully saturated rings. The van der Waals surface area contributed by atoms with Crippen molar-refractivity contribution in [2.45, 2.75) is 32.3 Å². The smallest absolute Gasteiger partial charge is 0.339 e. The lowest BCUT2D eigenvalue weighted by Gasteiger charge is -2.13. The Morgan fingerprint density at radius 3 is 2.68 bits per heavy atom. The second-order valence-electron chi connectivity index (χ2n) is 5.42. The number of carbonyl (C=O) groups is 1. The summed E-state index contributed by atoms with van der Waals surface area (Å²) in [5.41, 5.74) is 1.30. The number of aliphatic hydroxyl groups is 1. The molecule has 1 aromatic carbocycles. The highest BCUT2D eigenvalue weighted by molar-refractivity contribution is 7.18. The Kier molecular flexibility index (Phi) is 3.60. The van der Waals surface area contributed by atoms with E-state index in [4.69, 9.17) is 0 Å². The molecule has 102 valence electrons. The van der Waals surface area contributed by atoms with Gasteiger partial charge in [0.15, 0.2) is 6.10 Å². The first-order valence-corrected chi connectivity index (χ1v) is 6.81. The fourth-order valence-corrected chi connectivity index (χ4v) is 2.69. The highest BCUT2D eigenvalue weighted by atomic mass is 32.1. The summed E-state index contributed by atoms with van der Waals surface area (Å²) < 4.78 is 5.58. The van der Waals surface area contributed by atoms with Crippen molar-refractivity contribution in [1.82, 2.24) is 4.98 Å². The Bertz CT molecular complexity index is 613. The number of thiazole rings is 1. The van der Waals surface area contributed by atoms with E-state index in [9.17, 15) is 9.90 Å². The zero-order chi connectivity index (χ0) is 14.2. The molecule has 1 aromatic heterocycles. The molecular formula is C14H17NO3S. The van der Waals surface area contributed by atoms with Gasteiger partial charge in [-0.05, 0) is 17.7 Å². The number of aromatic nitrogens is 1. The maximum absolute atomic E-state index is 11.3. The number of esters is 1. The molecule has 0 bridgehead atoms. The van der Waals surface area contributed by atoms with Crippen LogP contribution >= 0.6 is 11.3 Å². The van der Waals surface area contributed by atoms with Gasteiger partial charge in [0.2, 0.25) is 0 Å². The summed E-state index contributed by atoms with van der Waals surface area (Å²) in [6.07, 6.45) is -1.26. The lowest BCUT2D eigenvalue weighted by molar-refractivity contribution is -0.150. The van der Waals surface area contributed by atoms with E-state index in [0.29, 0.717) is 5.56 Å². The number of ether oxygens (including phenoxy) is 1. The van der Waals surface area contributed by atoms with Crippen molar-refractivity contribution in [2.24, 2.45) is 0 Å². The van der Waals surface area contributed by atoms with Gasteiger partial charge in [0, 0.05) is 5.41 Å². The number of hydrogen-bond donors (Lipinski definition) is 1. The van der Waals surface area contributed by atoms with Gasteiger partial charge in [-0.1, -0.05) is 26.8 Å². The molecule has 0 aliphatic heterocycles. The molecular weight excluding hydrogens is 262 g/mol. The Hall–Kier alpha value is -1.46. The van der Waals surface area contributed by atoms with Crippen LogP contribution in [0.25, 0.3) is 10.2 Å². The zero-order valence-corrected chi connectivity index (χ0v) is 12.2. The van der Waals surface area contributed by atoms with Crippen LogP contribution in [0.15, 0.2) is 18.2 Å². The van der Waals surface area contributed by atoms with Crippen molar-refractivity contribution >= 4 is 27.5 Å². The molecule has 0 saturated carbocycles. The third kappa shape index (κ3) is 2.77. The quantitative estimate of drug-likeness (QED) is 0.859. The number of aliphatic hydroxyl groups excluding tert-OH is 1. The molecule has 1 N–H and O–H groups in total. The second kappa shape index (κ2) is 4.90. The predicted octanol–water partition coefficient (Wildman–Crippen LogP) is 2.80. The molecule has 0 aliphatic rings. The highest BCUT2D eigenvalue weighted by Crippen LogP contribution is 2.32. The Morgan fingerprint density at radius 1 is 1.42 bits per heavy atom. The van der Waals surface area contributed by atoms with Crippen molar-refractivity contribution in [3.63, 3.8) is 0 Å². The summed E-state index contributed by atoms with van der Waals surface area (Å²) in [5.74, 6) is -0.661. The van der Waals surface area contributed by atoms with Gasteiger partial charge in [-0.2, -0.15) is 0 Å². The number of hydrogen-bond acceptors (Lipinski definition) is 5. The van der Waals surface area contributed by atoms with Gasteiger partial charge in [0.25, 0.3) is 0 Å². The van der Waals surface area contributed by atoms with Gasteiger partial charge in [-0.3, -0.25) is 0 Å². The van der Waals surface area contributed by atoms with Gasteiger partial charge >= 0.3 is 5.97 Å². The first kappa shape index (κ1) is 14.0. The monoisotopic (exact) mass is 279 g/mol. The lowest BCUT2D eigenvalue weighted by atomic mass is 9.98. The largest absolute Gasteiger partial charge is 0.467 e. The summed E-state index contributed by atoms with van der Waals surface area (Å²) in [7, 11) is 1.25. The van der Waals surface area contributed by atoms with Crippen LogP contribution in [0.5, 0.6) is 0 Å². The van der Waals surface area contributed by atoms with E-state index in [1.807, 2.05) is 6.07 Å². The van der Waals surface area contributed by atoms with E-state index in [1.165, 1.54) is 7.11 Å². The minimum Gasteiger partial charge on any atom is -0.467 e. The fraction of sp³-hybridized carbons (Fsp3) is 0.429. The fourth-order valence-electron chi connectivity index (χ4n) is 1.68. The number of methoxy groups -OCH3 is 1. The Labute approximate surface area is 116 Å². The van der Waals surface area contributed by atoms with E-state index in [2.05, 4.69) is 30.5 Å². The summed E-state index contributed by atoms with van der Waals surface area (Å²) in [6, 6.07) is 5.35. The summed E-state index contributed by atoms with van der Waals surface area (Å²) in [5, 5.41) is 10.9. The lowest BCUT2D eigenvalue weighted by Crippen LogP contribution is -2.13. The van der Waals surface area contributed by atoms with Gasteiger partial charge < -0.3 is 9.84 Å². The molecule has 0 radical (unpaired) electrons. The Balaban J connectivity index is 2.43. The molecule has 2 rings (SSSR count). The van der Waals surface area contributed by atoms with Gasteiger partial charge in [0.1, 0.15) is 0 Å². The average Bonchev–Trinajstić information content (AvgIpc) is 2.79. The van der Waals surface area contributed by atoms with Crippen molar-refractivity contribution in [1.29, 1.82) is 0 Å². The normalized spacial score (nSPS) is 13.5. The second-order valence-corrected chi connectivity index (χ2v) is 6.45. The van der Waals surface area contributed by atoms with Crippen molar-refractivity contribution in [3.8, 4) is 0 Å². The number of nitrogens with zero attached hydrogens (tertiary/aromatic N) is 1. The SMILES string of the molecule is COC(=O)C(O)c1ccc2sc(C(C)(C)C)nc2c1. The third-order valence-electron chi connectivity index (χ3n) is 2.79. The van der Waals surface area contributed by atoms with Crippen LogP contribution in [-0.2, 0) is 14.9 Å². The van der Waals surface area contributed by atoms with Gasteiger partial charge in [0.05, 0.1) is 22.3 Å². The van der Waals surface area contributed by atoms with E-state index in [1.54, 1.807) is 23.5 Å². The number of carbonyl (C=O) groups excluding carboxylic acids is 1. The molecule has 0 amide bonds. The minimum atomic E-state index is -1.26. The van der Waals surface area contributed by atoms with Crippen LogP contribution in [0.3, 0.4) is 0 Å². The number of benzene rings is 1. The van der Waals surface area contributed by atoms with Crippen LogP contribution in [0.1, 0.15) is 37.4 Å². The predicted molar refractivity (Wildman–Crippen MR) is 75.3 cm³/mol. The Morgan fingerprint density at radius 2 is 2.11 bits per heavy atom. The van der Waals surface area contributed by atoms with Crippen LogP contribution in [-0.4, -0.2) is 23.2 Å². The summed E-state index contributed by atoms with van der Waals surface area (Å²) >= 11 is 1.63. The van der Waals surface area contributed by atoms with Crippen LogP contribution in [0.2, 0.25) is 0 Å². The molecule has 1 atom stereocenters. The first-order chi connectivity index (χ1) is 8.82. The molecule has 0 spiro atoms. The first-order valence-electron chi connectivity index (χ1n) is 6.00. The van der Waals surface area contributed by atoms with Gasteiger partial charge in [-0.25, -0.2) is 9.78 Å². The maximum Gasteiger partial charge on any atom is 0.339 e. The summed E-state index contributed by atoms with van der Waals surface area (Å²) in [4.78, 5) is 15.9. The summed E-state index contributed by atoms with van der Waals surface area (Å²) in [6.45, 7) is 6.32. The molecule has 0 saturated heterocycles. The van der Waals surface area contributed by atoms with Crippen molar-refractivity contribution in [2.75, 3.05) is 7.11 Å². The van der Waals surface area contributed by atoms with E-state index < -0.39 is 12.1 Å². The number of fused-ring (bicyclic) bond motifs is 1. The molecule has 2 aromatic rings. The molecule has 4 nitrogen and oxygen atoms in total. The third-order valence-corrected chi connectivity index (χ3v) is 4.26. The van der Waals surface area contributed by atoms with Crippen molar-refractivity contribution < 1.29 is 14.6 Å². The molecule has 1 unspecified atom stereocenters. The average molecular weight is 279 g/mol. The topological polar surface area (TPSA) is 59.4 Å². The maximum atomic E-state index is 11.3. The molecule has 0 aliphatic carbocycles. The van der Waals surface area contributed by atoms with Crippen molar-refractivity contribution in [3.05, 3.63) is 28.8 Å². The zero-order valence-electron chi connectivity index (χ0n) is 11.4. The molecule has 5 heteroatoms. The highest BCUT2D eigenvalue weighted by Gasteiger charge is 2.21. The van der Waals surface area contributed by atoms with Crippen LogP contribution in [0, 0.1) is 0 Å². The molecule has 19 heavy (non-hydrogen) atoms. The van der Waals surface area contributed by atoms with E-state index in [-0.39, 0.29) is 5.41 Å². The van der Waals surface area contributed by atoms with Crippen LogP contribution in [0.4, 0.5) is 0 Å². The van der Waals surface area contributed by atoms with Gasteiger partial charge in [-0.15, -0.1) is 11.3 Å². The van der Waals surface area contributed by atoms with E-state index >= 15 is 0 Å². The number of rotatable bonds is 2. The minimum absolute atomic E-state index is 0.00911. The van der Waals surface area contributed by atoms with E-state index in [0.717, 1.165) is 15.2 Å². The standard InChI is InChI=1S/C14H17NO3S/c1-14(2,3)13-15-9-7-8(5-6-10(9)19-13)11(16)12(17)18-4/h5-7,11,16H,1-4H3. The molecule has 1 heterocycles.